The van der Waals surface area contributed by atoms with Crippen LogP contribution in [-0.4, -0.2) is 31.0 Å². The van der Waals surface area contributed by atoms with E-state index in [-0.39, 0.29) is 12.2 Å². The Morgan fingerprint density at radius 1 is 1.62 bits per heavy atom. The second-order valence-corrected chi connectivity index (χ2v) is 3.92. The molecule has 0 saturated carbocycles. The number of ether oxygens (including phenoxy) is 2. The summed E-state index contributed by atoms with van der Waals surface area (Å²) < 4.78 is 10.3. The Bertz CT molecular complexity index is 375. The lowest BCUT2D eigenvalue weighted by atomic mass is 10.0. The van der Waals surface area contributed by atoms with E-state index in [1.165, 1.54) is 0 Å². The second kappa shape index (κ2) is 4.78. The van der Waals surface area contributed by atoms with Crippen molar-refractivity contribution in [3.8, 4) is 0 Å². The van der Waals surface area contributed by atoms with Crippen LogP contribution in [0.4, 0.5) is 0 Å². The van der Waals surface area contributed by atoms with E-state index in [2.05, 4.69) is 6.58 Å². The van der Waals surface area contributed by atoms with Crippen LogP contribution in [0.15, 0.2) is 30.8 Å². The average Bonchev–Trinajstić information content (AvgIpc) is 3.09. The Kier molecular flexibility index (Phi) is 3.39. The Morgan fingerprint density at radius 3 is 3.12 bits per heavy atom. The van der Waals surface area contributed by atoms with E-state index >= 15 is 0 Å². The minimum atomic E-state index is -0.553. The summed E-state index contributed by atoms with van der Waals surface area (Å²) in [4.78, 5) is 0. The van der Waals surface area contributed by atoms with Crippen LogP contribution in [0.2, 0.25) is 0 Å². The first-order valence-electron chi connectivity index (χ1n) is 5.31. The van der Waals surface area contributed by atoms with Crippen LogP contribution in [0.1, 0.15) is 17.2 Å². The normalized spacial score (nSPS) is 25.1. The molecule has 0 aliphatic carbocycles. The fourth-order valence-corrected chi connectivity index (χ4v) is 1.81. The summed E-state index contributed by atoms with van der Waals surface area (Å²) in [7, 11) is 1.57. The summed E-state index contributed by atoms with van der Waals surface area (Å²) in [6, 6.07) is 7.97. The average molecular weight is 220 g/mol. The first kappa shape index (κ1) is 11.3. The molecule has 0 spiro atoms. The summed E-state index contributed by atoms with van der Waals surface area (Å²) in [5.41, 5.74) is 2.14. The van der Waals surface area contributed by atoms with E-state index in [1.807, 2.05) is 24.3 Å². The smallest absolute Gasteiger partial charge is 0.117 e. The summed E-state index contributed by atoms with van der Waals surface area (Å²) in [6.07, 6.45) is 1.10. The highest BCUT2D eigenvalue weighted by Crippen LogP contribution is 2.41. The number of methoxy groups -OCH3 is 1. The van der Waals surface area contributed by atoms with Crippen molar-refractivity contribution in [3.63, 3.8) is 0 Å². The van der Waals surface area contributed by atoms with Crippen LogP contribution in [0.3, 0.4) is 0 Å². The fraction of sp³-hybridized carbons (Fsp3) is 0.385. The van der Waals surface area contributed by atoms with Gasteiger partial charge in [-0.1, -0.05) is 30.9 Å². The van der Waals surface area contributed by atoms with Crippen molar-refractivity contribution < 1.29 is 14.6 Å². The summed E-state index contributed by atoms with van der Waals surface area (Å²) in [5.74, 6) is 0. The maximum absolute atomic E-state index is 9.68. The molecular formula is C13H16O3. The molecule has 1 heterocycles. The predicted molar refractivity (Wildman–Crippen MR) is 62.0 cm³/mol. The third-order valence-electron chi connectivity index (χ3n) is 2.72. The molecule has 1 N–H and O–H groups in total. The van der Waals surface area contributed by atoms with Gasteiger partial charge in [0, 0.05) is 7.11 Å². The van der Waals surface area contributed by atoms with Crippen molar-refractivity contribution in [2.24, 2.45) is 0 Å². The fourth-order valence-electron chi connectivity index (χ4n) is 1.81. The van der Waals surface area contributed by atoms with Crippen LogP contribution in [0.5, 0.6) is 0 Å². The second-order valence-electron chi connectivity index (χ2n) is 3.92. The van der Waals surface area contributed by atoms with Gasteiger partial charge in [0.15, 0.2) is 0 Å². The van der Waals surface area contributed by atoms with Gasteiger partial charge in [-0.25, -0.2) is 0 Å². The molecule has 0 aromatic heterocycles. The Morgan fingerprint density at radius 2 is 2.44 bits per heavy atom. The lowest BCUT2D eigenvalue weighted by Gasteiger charge is -2.05. The summed E-state index contributed by atoms with van der Waals surface area (Å²) in [5, 5.41) is 9.68. The lowest BCUT2D eigenvalue weighted by molar-refractivity contribution is 0.0456. The van der Waals surface area contributed by atoms with E-state index in [0.29, 0.717) is 6.61 Å². The van der Waals surface area contributed by atoms with Gasteiger partial charge in [0.1, 0.15) is 18.3 Å². The molecule has 0 bridgehead atoms. The molecule has 3 atom stereocenters. The number of hydrogen-bond acceptors (Lipinski definition) is 3. The van der Waals surface area contributed by atoms with Crippen molar-refractivity contribution in [1.29, 1.82) is 0 Å². The number of epoxide rings is 1. The van der Waals surface area contributed by atoms with Gasteiger partial charge in [0.25, 0.3) is 0 Å². The first-order chi connectivity index (χ1) is 7.76. The number of hydrogen-bond donors (Lipinski definition) is 1. The lowest BCUT2D eigenvalue weighted by Crippen LogP contribution is -2.21. The van der Waals surface area contributed by atoms with Crippen LogP contribution >= 0.6 is 0 Å². The monoisotopic (exact) mass is 220 g/mol. The molecule has 3 unspecified atom stereocenters. The Labute approximate surface area is 95.3 Å². The minimum Gasteiger partial charge on any atom is -0.388 e. The number of aliphatic hydroxyl groups is 1. The quantitative estimate of drug-likeness (QED) is 0.769. The van der Waals surface area contributed by atoms with E-state index < -0.39 is 6.10 Å². The number of benzene rings is 1. The molecule has 16 heavy (non-hydrogen) atoms. The highest BCUT2D eigenvalue weighted by atomic mass is 16.6. The minimum absolute atomic E-state index is 0.00921. The van der Waals surface area contributed by atoms with Gasteiger partial charge < -0.3 is 14.6 Å². The molecule has 0 radical (unpaired) electrons. The molecule has 3 nitrogen and oxygen atoms in total. The van der Waals surface area contributed by atoms with Crippen molar-refractivity contribution in [2.45, 2.75) is 18.3 Å². The predicted octanol–water partition coefficient (Wildman–Crippen LogP) is 1.78. The van der Waals surface area contributed by atoms with Gasteiger partial charge in [0.2, 0.25) is 0 Å². The Balaban J connectivity index is 2.02. The van der Waals surface area contributed by atoms with Crippen LogP contribution < -0.4 is 0 Å². The van der Waals surface area contributed by atoms with E-state index in [1.54, 1.807) is 13.2 Å². The molecule has 3 heteroatoms. The maximum Gasteiger partial charge on any atom is 0.117 e. The van der Waals surface area contributed by atoms with Gasteiger partial charge in [-0.3, -0.25) is 0 Å². The standard InChI is InChI=1S/C13H16O3/c1-3-9-5-4-6-10(7-9)12-13(16-12)11(14)8-15-2/h3-7,11-14H,1,8H2,2H3. The zero-order valence-electron chi connectivity index (χ0n) is 9.30. The van der Waals surface area contributed by atoms with Crippen LogP contribution in [-0.2, 0) is 9.47 Å². The van der Waals surface area contributed by atoms with Gasteiger partial charge in [-0.05, 0) is 17.2 Å². The topological polar surface area (TPSA) is 42.0 Å². The highest BCUT2D eigenvalue weighted by Gasteiger charge is 2.45. The molecular weight excluding hydrogens is 204 g/mol. The third-order valence-corrected chi connectivity index (χ3v) is 2.72. The Hall–Kier alpha value is -1.16. The number of aliphatic hydroxyl groups excluding tert-OH is 1. The first-order valence-corrected chi connectivity index (χ1v) is 5.31. The van der Waals surface area contributed by atoms with Gasteiger partial charge >= 0.3 is 0 Å². The van der Waals surface area contributed by atoms with E-state index in [0.717, 1.165) is 11.1 Å². The largest absolute Gasteiger partial charge is 0.388 e. The molecule has 1 fully saturated rings. The van der Waals surface area contributed by atoms with E-state index in [9.17, 15) is 5.11 Å². The molecule has 0 amide bonds. The van der Waals surface area contributed by atoms with Crippen LogP contribution in [0, 0.1) is 0 Å². The van der Waals surface area contributed by atoms with Gasteiger partial charge in [-0.15, -0.1) is 0 Å². The SMILES string of the molecule is C=Cc1cccc(C2OC2C(O)COC)c1. The molecule has 1 saturated heterocycles. The summed E-state index contributed by atoms with van der Waals surface area (Å²) >= 11 is 0. The highest BCUT2D eigenvalue weighted by molar-refractivity contribution is 5.48. The summed E-state index contributed by atoms with van der Waals surface area (Å²) in [6.45, 7) is 4.03. The number of rotatable bonds is 5. The van der Waals surface area contributed by atoms with Gasteiger partial charge in [-0.2, -0.15) is 0 Å². The van der Waals surface area contributed by atoms with Crippen molar-refractivity contribution in [2.75, 3.05) is 13.7 Å². The van der Waals surface area contributed by atoms with Crippen molar-refractivity contribution >= 4 is 6.08 Å². The molecule has 1 aromatic carbocycles. The van der Waals surface area contributed by atoms with Gasteiger partial charge in [0.05, 0.1) is 6.61 Å². The molecule has 2 rings (SSSR count). The van der Waals surface area contributed by atoms with Crippen molar-refractivity contribution in [1.82, 2.24) is 0 Å². The molecule has 1 aliphatic rings. The molecule has 1 aliphatic heterocycles. The maximum atomic E-state index is 9.68. The molecule has 86 valence electrons. The zero-order chi connectivity index (χ0) is 11.5. The van der Waals surface area contributed by atoms with Crippen molar-refractivity contribution in [3.05, 3.63) is 42.0 Å². The zero-order valence-corrected chi connectivity index (χ0v) is 9.30. The van der Waals surface area contributed by atoms with Crippen LogP contribution in [0.25, 0.3) is 6.08 Å². The molecule has 1 aromatic rings. The third kappa shape index (κ3) is 2.32. The van der Waals surface area contributed by atoms with E-state index in [4.69, 9.17) is 9.47 Å².